The molecule has 0 aliphatic heterocycles. The zero-order valence-corrected chi connectivity index (χ0v) is 9.79. The highest BCUT2D eigenvalue weighted by Crippen LogP contribution is 2.32. The molecular formula is C13H18FNO. The van der Waals surface area contributed by atoms with Gasteiger partial charge in [-0.25, -0.2) is 4.39 Å². The number of para-hydroxylation sites is 1. The quantitative estimate of drug-likeness (QED) is 0.847. The van der Waals surface area contributed by atoms with E-state index in [-0.39, 0.29) is 18.0 Å². The molecular weight excluding hydrogens is 205 g/mol. The Hall–Kier alpha value is -1.09. The van der Waals surface area contributed by atoms with Crippen LogP contribution in [0.1, 0.15) is 37.8 Å². The number of ether oxygens (including phenoxy) is 1. The van der Waals surface area contributed by atoms with Gasteiger partial charge in [-0.3, -0.25) is 0 Å². The van der Waals surface area contributed by atoms with Gasteiger partial charge in [0.1, 0.15) is 0 Å². The van der Waals surface area contributed by atoms with Gasteiger partial charge in [-0.05, 0) is 39.3 Å². The minimum atomic E-state index is -0.258. The molecule has 0 radical (unpaired) electrons. The van der Waals surface area contributed by atoms with E-state index < -0.39 is 0 Å². The first-order valence-electron chi connectivity index (χ1n) is 5.84. The molecule has 1 aromatic carbocycles. The molecule has 1 aliphatic rings. The maximum absolute atomic E-state index is 13.7. The van der Waals surface area contributed by atoms with Crippen molar-refractivity contribution in [1.82, 2.24) is 5.32 Å². The van der Waals surface area contributed by atoms with Crippen LogP contribution < -0.4 is 10.1 Å². The fraction of sp³-hybridized carbons (Fsp3) is 0.538. The van der Waals surface area contributed by atoms with Gasteiger partial charge in [0.2, 0.25) is 0 Å². The average Bonchev–Trinajstić information content (AvgIpc) is 2.23. The summed E-state index contributed by atoms with van der Waals surface area (Å²) in [6.45, 7) is 2.00. The summed E-state index contributed by atoms with van der Waals surface area (Å²) in [5.41, 5.74) is 0.898. The largest absolute Gasteiger partial charge is 0.487 e. The van der Waals surface area contributed by atoms with Crippen LogP contribution in [-0.2, 0) is 0 Å². The fourth-order valence-electron chi connectivity index (χ4n) is 1.80. The molecule has 3 heteroatoms. The highest BCUT2D eigenvalue weighted by Gasteiger charge is 2.23. The van der Waals surface area contributed by atoms with Crippen LogP contribution in [0.2, 0.25) is 0 Å². The molecule has 88 valence electrons. The zero-order chi connectivity index (χ0) is 11.5. The third kappa shape index (κ3) is 2.19. The second-order valence-electron chi connectivity index (χ2n) is 4.34. The van der Waals surface area contributed by atoms with E-state index in [1.807, 2.05) is 20.0 Å². The predicted molar refractivity (Wildman–Crippen MR) is 62.1 cm³/mol. The molecule has 0 bridgehead atoms. The van der Waals surface area contributed by atoms with E-state index in [1.54, 1.807) is 6.07 Å². The van der Waals surface area contributed by atoms with Gasteiger partial charge in [0.05, 0.1) is 6.10 Å². The predicted octanol–water partition coefficient (Wildman–Crippen LogP) is 3.04. The molecule has 1 saturated carbocycles. The lowest BCUT2D eigenvalue weighted by Crippen LogP contribution is -2.26. The molecule has 1 atom stereocenters. The summed E-state index contributed by atoms with van der Waals surface area (Å²) < 4.78 is 19.4. The van der Waals surface area contributed by atoms with Gasteiger partial charge < -0.3 is 10.1 Å². The highest BCUT2D eigenvalue weighted by atomic mass is 19.1. The summed E-state index contributed by atoms with van der Waals surface area (Å²) >= 11 is 0. The fourth-order valence-corrected chi connectivity index (χ4v) is 1.80. The number of rotatable bonds is 4. The summed E-state index contributed by atoms with van der Waals surface area (Å²) in [6.07, 6.45) is 3.49. The van der Waals surface area contributed by atoms with Crippen molar-refractivity contribution in [2.75, 3.05) is 7.05 Å². The van der Waals surface area contributed by atoms with E-state index in [0.717, 1.165) is 18.4 Å². The van der Waals surface area contributed by atoms with Crippen molar-refractivity contribution < 1.29 is 9.13 Å². The Labute approximate surface area is 95.8 Å². The Balaban J connectivity index is 2.24. The van der Waals surface area contributed by atoms with Crippen LogP contribution in [0.3, 0.4) is 0 Å². The van der Waals surface area contributed by atoms with Gasteiger partial charge >= 0.3 is 0 Å². The van der Waals surface area contributed by atoms with E-state index >= 15 is 0 Å². The first kappa shape index (κ1) is 11.4. The molecule has 1 aromatic rings. The van der Waals surface area contributed by atoms with Crippen molar-refractivity contribution in [1.29, 1.82) is 0 Å². The lowest BCUT2D eigenvalue weighted by molar-refractivity contribution is 0.113. The van der Waals surface area contributed by atoms with Crippen LogP contribution in [0.5, 0.6) is 5.75 Å². The first-order chi connectivity index (χ1) is 7.72. The molecule has 1 unspecified atom stereocenters. The Kier molecular flexibility index (Phi) is 3.44. The smallest absolute Gasteiger partial charge is 0.165 e. The van der Waals surface area contributed by atoms with Gasteiger partial charge in [0.15, 0.2) is 11.6 Å². The van der Waals surface area contributed by atoms with Crippen molar-refractivity contribution in [3.63, 3.8) is 0 Å². The SMILES string of the molecule is CNC(C)c1cccc(F)c1OC1CCC1. The third-order valence-corrected chi connectivity index (χ3v) is 3.23. The standard InChI is InChI=1S/C13H18FNO/c1-9(15-2)11-7-4-8-12(14)13(11)16-10-5-3-6-10/h4,7-10,15H,3,5-6H2,1-2H3. The molecule has 0 saturated heterocycles. The molecule has 1 fully saturated rings. The summed E-state index contributed by atoms with van der Waals surface area (Å²) in [5.74, 6) is 0.167. The van der Waals surface area contributed by atoms with Gasteiger partial charge in [0, 0.05) is 11.6 Å². The number of nitrogens with one attached hydrogen (secondary N) is 1. The molecule has 0 heterocycles. The molecule has 0 amide bonds. The number of benzene rings is 1. The summed E-state index contributed by atoms with van der Waals surface area (Å²) in [7, 11) is 1.86. The molecule has 0 spiro atoms. The molecule has 0 aromatic heterocycles. The molecule has 1 aliphatic carbocycles. The second-order valence-corrected chi connectivity index (χ2v) is 4.34. The van der Waals surface area contributed by atoms with Crippen LogP contribution in [0, 0.1) is 5.82 Å². The van der Waals surface area contributed by atoms with E-state index in [2.05, 4.69) is 5.32 Å². The summed E-state index contributed by atoms with van der Waals surface area (Å²) in [4.78, 5) is 0. The van der Waals surface area contributed by atoms with Crippen LogP contribution in [-0.4, -0.2) is 13.2 Å². The van der Waals surface area contributed by atoms with Crippen LogP contribution >= 0.6 is 0 Å². The van der Waals surface area contributed by atoms with Gasteiger partial charge in [-0.15, -0.1) is 0 Å². The maximum Gasteiger partial charge on any atom is 0.165 e. The van der Waals surface area contributed by atoms with Gasteiger partial charge in [0.25, 0.3) is 0 Å². The van der Waals surface area contributed by atoms with Crippen molar-refractivity contribution in [3.05, 3.63) is 29.6 Å². The Morgan fingerprint density at radius 3 is 2.75 bits per heavy atom. The monoisotopic (exact) mass is 223 g/mol. The molecule has 1 N–H and O–H groups in total. The molecule has 2 nitrogen and oxygen atoms in total. The van der Waals surface area contributed by atoms with E-state index in [1.165, 1.54) is 12.5 Å². The minimum Gasteiger partial charge on any atom is -0.487 e. The van der Waals surface area contributed by atoms with Crippen molar-refractivity contribution in [3.8, 4) is 5.75 Å². The third-order valence-electron chi connectivity index (χ3n) is 3.23. The molecule has 2 rings (SSSR count). The van der Waals surface area contributed by atoms with Crippen LogP contribution in [0.25, 0.3) is 0 Å². The van der Waals surface area contributed by atoms with Crippen molar-refractivity contribution >= 4 is 0 Å². The van der Waals surface area contributed by atoms with Crippen molar-refractivity contribution in [2.24, 2.45) is 0 Å². The van der Waals surface area contributed by atoms with Crippen LogP contribution in [0.15, 0.2) is 18.2 Å². The van der Waals surface area contributed by atoms with E-state index in [4.69, 9.17) is 4.74 Å². The van der Waals surface area contributed by atoms with Gasteiger partial charge in [-0.1, -0.05) is 12.1 Å². The van der Waals surface area contributed by atoms with Gasteiger partial charge in [-0.2, -0.15) is 0 Å². The van der Waals surface area contributed by atoms with E-state index in [0.29, 0.717) is 5.75 Å². The Bertz CT molecular complexity index is 363. The maximum atomic E-state index is 13.7. The topological polar surface area (TPSA) is 21.3 Å². The second kappa shape index (κ2) is 4.83. The number of halogens is 1. The highest BCUT2D eigenvalue weighted by molar-refractivity contribution is 5.37. The van der Waals surface area contributed by atoms with Crippen LogP contribution in [0.4, 0.5) is 4.39 Å². The Morgan fingerprint density at radius 1 is 1.44 bits per heavy atom. The Morgan fingerprint density at radius 2 is 2.19 bits per heavy atom. The van der Waals surface area contributed by atoms with Crippen molar-refractivity contribution in [2.45, 2.75) is 38.3 Å². The summed E-state index contributed by atoms with van der Waals surface area (Å²) in [5, 5.41) is 3.11. The number of hydrogen-bond acceptors (Lipinski definition) is 2. The average molecular weight is 223 g/mol. The summed E-state index contributed by atoms with van der Waals surface area (Å²) in [6, 6.07) is 5.20. The normalized spacial score (nSPS) is 17.9. The minimum absolute atomic E-state index is 0.103. The number of hydrogen-bond donors (Lipinski definition) is 1. The zero-order valence-electron chi connectivity index (χ0n) is 9.79. The lowest BCUT2D eigenvalue weighted by Gasteiger charge is -2.28. The van der Waals surface area contributed by atoms with E-state index in [9.17, 15) is 4.39 Å². The molecule has 16 heavy (non-hydrogen) atoms. The first-order valence-corrected chi connectivity index (χ1v) is 5.84. The lowest BCUT2D eigenvalue weighted by atomic mass is 9.96.